The molecule has 1 aliphatic carbocycles. The molecule has 0 radical (unpaired) electrons. The molecule has 2 rings (SSSR count). The van der Waals surface area contributed by atoms with Gasteiger partial charge < -0.3 is 14.8 Å². The van der Waals surface area contributed by atoms with Gasteiger partial charge in [0.15, 0.2) is 10.6 Å². The third-order valence-corrected chi connectivity index (χ3v) is 4.53. The minimum absolute atomic E-state index is 0.0359. The fourth-order valence-electron chi connectivity index (χ4n) is 1.92. The predicted octanol–water partition coefficient (Wildman–Crippen LogP) is 2.48. The second kappa shape index (κ2) is 8.96. The van der Waals surface area contributed by atoms with Gasteiger partial charge in [0, 0.05) is 5.57 Å². The Hall–Kier alpha value is -2.49. The van der Waals surface area contributed by atoms with Crippen molar-refractivity contribution in [2.24, 2.45) is 5.41 Å². The number of benzene rings is 1. The van der Waals surface area contributed by atoms with Crippen LogP contribution in [0.5, 0.6) is 0 Å². The molecule has 126 valence electrons. The molecule has 0 amide bonds. The third-order valence-electron chi connectivity index (χ3n) is 3.30. The van der Waals surface area contributed by atoms with Crippen LogP contribution in [-0.4, -0.2) is 32.5 Å². The zero-order valence-corrected chi connectivity index (χ0v) is 14.0. The standard InChI is InChI=1S/C9H10O4.C9H8OS/c1-9(8(12)13)4-2-3-6(5-9)7(10)11;1-2-8-11(10)9-6-4-3-5-7-9/h2-4H,5H2,1H3,(H,10,11)(H,12,13);1,3-7H,8H2. The number of rotatable bonds is 4. The van der Waals surface area contributed by atoms with Crippen LogP contribution in [0.3, 0.4) is 0 Å². The molecule has 0 saturated carbocycles. The van der Waals surface area contributed by atoms with Crippen LogP contribution in [0.25, 0.3) is 0 Å². The van der Waals surface area contributed by atoms with Gasteiger partial charge in [-0.1, -0.05) is 42.3 Å². The molecule has 0 bridgehead atoms. The van der Waals surface area contributed by atoms with Crippen LogP contribution in [0.1, 0.15) is 13.3 Å². The van der Waals surface area contributed by atoms with Crippen LogP contribution in [0.4, 0.5) is 0 Å². The van der Waals surface area contributed by atoms with E-state index in [-0.39, 0.29) is 12.0 Å². The lowest BCUT2D eigenvalue weighted by atomic mass is 9.80. The first-order chi connectivity index (χ1) is 11.3. The van der Waals surface area contributed by atoms with Crippen LogP contribution in [-0.2, 0) is 20.8 Å². The van der Waals surface area contributed by atoms with Crippen molar-refractivity contribution in [2.75, 3.05) is 5.75 Å². The Kier molecular flexibility index (Phi) is 7.31. The summed E-state index contributed by atoms with van der Waals surface area (Å²) in [6.45, 7) is 1.50. The molecule has 6 heteroatoms. The minimum atomic E-state index is -1.08. The van der Waals surface area contributed by atoms with E-state index in [2.05, 4.69) is 5.92 Å². The highest BCUT2D eigenvalue weighted by atomic mass is 32.2. The molecule has 0 saturated heterocycles. The van der Waals surface area contributed by atoms with Crippen molar-refractivity contribution in [3.05, 3.63) is 54.1 Å². The van der Waals surface area contributed by atoms with E-state index < -0.39 is 28.5 Å². The molecule has 0 fully saturated rings. The van der Waals surface area contributed by atoms with Gasteiger partial charge in [-0.3, -0.25) is 4.79 Å². The van der Waals surface area contributed by atoms with E-state index in [0.29, 0.717) is 5.75 Å². The summed E-state index contributed by atoms with van der Waals surface area (Å²) in [5.41, 5.74) is -0.949. The number of hydrogen-bond acceptors (Lipinski definition) is 3. The average Bonchev–Trinajstić information content (AvgIpc) is 2.56. The lowest BCUT2D eigenvalue weighted by molar-refractivity contribution is -0.145. The maximum atomic E-state index is 11.2. The van der Waals surface area contributed by atoms with Gasteiger partial charge in [-0.25, -0.2) is 4.79 Å². The van der Waals surface area contributed by atoms with Gasteiger partial charge in [-0.2, -0.15) is 0 Å². The van der Waals surface area contributed by atoms with E-state index in [4.69, 9.17) is 16.6 Å². The number of carboxylic acids is 2. The molecule has 2 N–H and O–H groups in total. The van der Waals surface area contributed by atoms with Crippen molar-refractivity contribution in [3.8, 4) is 12.3 Å². The summed E-state index contributed by atoms with van der Waals surface area (Å²) in [7, 11) is 0. The molecule has 0 heterocycles. The van der Waals surface area contributed by atoms with Crippen LogP contribution < -0.4 is 0 Å². The summed E-state index contributed by atoms with van der Waals surface area (Å²) in [6.07, 6.45) is 9.46. The van der Waals surface area contributed by atoms with Crippen molar-refractivity contribution >= 4 is 23.1 Å². The van der Waals surface area contributed by atoms with Crippen molar-refractivity contribution in [2.45, 2.75) is 18.2 Å². The highest BCUT2D eigenvalue weighted by Crippen LogP contribution is 2.31. The zero-order chi connectivity index (χ0) is 18.2. The second-order valence-corrected chi connectivity index (χ2v) is 6.71. The molecule has 0 aliphatic heterocycles. The van der Waals surface area contributed by atoms with Gasteiger partial charge in [0.05, 0.1) is 5.41 Å². The Morgan fingerprint density at radius 2 is 1.96 bits per heavy atom. The number of carbonyl (C=O) groups is 2. The van der Waals surface area contributed by atoms with Crippen LogP contribution in [0, 0.1) is 17.8 Å². The summed E-state index contributed by atoms with van der Waals surface area (Å²) >= 11 is -1.02. The topological polar surface area (TPSA) is 97.7 Å². The highest BCUT2D eigenvalue weighted by molar-refractivity contribution is 7.91. The molecule has 1 aromatic carbocycles. The molecule has 1 aliphatic rings. The van der Waals surface area contributed by atoms with Crippen molar-refractivity contribution in [3.63, 3.8) is 0 Å². The molecule has 0 spiro atoms. The summed E-state index contributed by atoms with van der Waals surface area (Å²) in [6, 6.07) is 9.21. The van der Waals surface area contributed by atoms with E-state index in [9.17, 15) is 14.1 Å². The lowest BCUT2D eigenvalue weighted by Crippen LogP contribution is -2.28. The maximum Gasteiger partial charge on any atom is 0.331 e. The molecular weight excluding hydrogens is 328 g/mol. The van der Waals surface area contributed by atoms with Gasteiger partial charge >= 0.3 is 11.9 Å². The van der Waals surface area contributed by atoms with Gasteiger partial charge in [0.2, 0.25) is 0 Å². The molecule has 24 heavy (non-hydrogen) atoms. The molecule has 1 aromatic rings. The Morgan fingerprint density at radius 3 is 2.46 bits per heavy atom. The SMILES string of the molecule is C#CC[S+]([O-])c1ccccc1.CC1(C(=O)O)C=CC=C(C(=O)O)C1. The number of hydrogen-bond donors (Lipinski definition) is 2. The number of terminal acetylenes is 1. The second-order valence-electron chi connectivity index (χ2n) is 5.26. The normalized spacial score (nSPS) is 20.0. The average molecular weight is 346 g/mol. The van der Waals surface area contributed by atoms with Gasteiger partial charge in [0.1, 0.15) is 0 Å². The van der Waals surface area contributed by atoms with Crippen LogP contribution in [0.2, 0.25) is 0 Å². The van der Waals surface area contributed by atoms with E-state index in [1.807, 2.05) is 30.3 Å². The van der Waals surface area contributed by atoms with Crippen molar-refractivity contribution in [1.82, 2.24) is 0 Å². The Balaban J connectivity index is 0.000000243. The number of carboxylic acid groups (broad SMARTS) is 2. The Morgan fingerprint density at radius 1 is 1.33 bits per heavy atom. The molecule has 0 aromatic heterocycles. The smallest absolute Gasteiger partial charge is 0.331 e. The molecule has 2 unspecified atom stereocenters. The minimum Gasteiger partial charge on any atom is -0.611 e. The van der Waals surface area contributed by atoms with Crippen molar-refractivity contribution in [1.29, 1.82) is 0 Å². The Bertz CT molecular complexity index is 687. The maximum absolute atomic E-state index is 11.2. The van der Waals surface area contributed by atoms with Crippen LogP contribution >= 0.6 is 0 Å². The monoisotopic (exact) mass is 346 g/mol. The highest BCUT2D eigenvalue weighted by Gasteiger charge is 2.34. The van der Waals surface area contributed by atoms with Crippen LogP contribution in [0.15, 0.2) is 59.0 Å². The first-order valence-corrected chi connectivity index (χ1v) is 8.34. The van der Waals surface area contributed by atoms with E-state index in [1.54, 1.807) is 0 Å². The van der Waals surface area contributed by atoms with E-state index in [0.717, 1.165) is 4.90 Å². The van der Waals surface area contributed by atoms with E-state index in [1.165, 1.54) is 25.2 Å². The molecular formula is C18H18O5S. The summed E-state index contributed by atoms with van der Waals surface area (Å²) in [5, 5.41) is 17.5. The number of aliphatic carboxylic acids is 2. The van der Waals surface area contributed by atoms with Gasteiger partial charge in [-0.05, 0) is 36.7 Å². The molecule has 5 nitrogen and oxygen atoms in total. The molecule has 2 atom stereocenters. The largest absolute Gasteiger partial charge is 0.611 e. The van der Waals surface area contributed by atoms with Gasteiger partial charge in [-0.15, -0.1) is 6.42 Å². The number of allylic oxidation sites excluding steroid dienone is 2. The zero-order valence-electron chi connectivity index (χ0n) is 13.1. The first kappa shape index (κ1) is 19.6. The summed E-state index contributed by atoms with van der Waals surface area (Å²) in [4.78, 5) is 22.1. The summed E-state index contributed by atoms with van der Waals surface area (Å²) in [5.74, 6) is 0.599. The fraction of sp³-hybridized carbons (Fsp3) is 0.222. The fourth-order valence-corrected chi connectivity index (χ4v) is 2.69. The lowest BCUT2D eigenvalue weighted by Gasteiger charge is -2.23. The quantitative estimate of drug-likeness (QED) is 0.645. The predicted molar refractivity (Wildman–Crippen MR) is 91.8 cm³/mol. The summed E-state index contributed by atoms with van der Waals surface area (Å²) < 4.78 is 11.2. The Labute approximate surface area is 143 Å². The first-order valence-electron chi connectivity index (χ1n) is 7.02. The van der Waals surface area contributed by atoms with Crippen molar-refractivity contribution < 1.29 is 24.4 Å². The van der Waals surface area contributed by atoms with Gasteiger partial charge in [0.25, 0.3) is 0 Å². The third kappa shape index (κ3) is 5.61. The van der Waals surface area contributed by atoms with E-state index >= 15 is 0 Å².